The third kappa shape index (κ3) is 7.63. The van der Waals surface area contributed by atoms with E-state index in [0.29, 0.717) is 19.1 Å². The lowest BCUT2D eigenvalue weighted by Gasteiger charge is -2.34. The van der Waals surface area contributed by atoms with Crippen LogP contribution in [0.3, 0.4) is 0 Å². The fourth-order valence-electron chi connectivity index (χ4n) is 3.58. The van der Waals surface area contributed by atoms with Gasteiger partial charge in [0.25, 0.3) is 0 Å². The Balaban J connectivity index is 1.80. The Bertz CT molecular complexity index is 600. The molecule has 150 valence electrons. The quantitative estimate of drug-likeness (QED) is 0.397. The number of rotatable bonds is 9. The largest absolute Gasteiger partial charge is 0.489 e. The maximum atomic E-state index is 5.73. The number of benzene rings is 1. The summed E-state index contributed by atoms with van der Waals surface area (Å²) in [5.41, 5.74) is 1.11. The van der Waals surface area contributed by atoms with Gasteiger partial charge in [0.15, 0.2) is 5.96 Å². The first-order valence-corrected chi connectivity index (χ1v) is 10.1. The summed E-state index contributed by atoms with van der Waals surface area (Å²) in [6, 6.07) is 8.08. The van der Waals surface area contributed by atoms with Crippen LogP contribution in [0.1, 0.15) is 32.3 Å². The molecule has 1 aromatic rings. The van der Waals surface area contributed by atoms with Crippen LogP contribution in [0.25, 0.3) is 0 Å². The van der Waals surface area contributed by atoms with E-state index in [1.165, 1.54) is 32.5 Å². The van der Waals surface area contributed by atoms with Crippen LogP contribution in [0.5, 0.6) is 5.75 Å². The second-order valence-corrected chi connectivity index (χ2v) is 7.68. The van der Waals surface area contributed by atoms with Gasteiger partial charge >= 0.3 is 0 Å². The lowest BCUT2D eigenvalue weighted by atomic mass is 9.97. The molecule has 1 heterocycles. The van der Waals surface area contributed by atoms with E-state index in [-0.39, 0.29) is 0 Å². The van der Waals surface area contributed by atoms with Gasteiger partial charge in [-0.15, -0.1) is 0 Å². The van der Waals surface area contributed by atoms with E-state index in [1.54, 1.807) is 6.08 Å². The molecular formula is C22H36N4O. The third-order valence-electron chi connectivity index (χ3n) is 4.78. The van der Waals surface area contributed by atoms with Crippen LogP contribution in [0.2, 0.25) is 0 Å². The van der Waals surface area contributed by atoms with Gasteiger partial charge in [-0.3, -0.25) is 4.99 Å². The van der Waals surface area contributed by atoms with E-state index in [1.807, 2.05) is 25.2 Å². The number of hydrogen-bond donors (Lipinski definition) is 2. The Morgan fingerprint density at radius 2 is 2.19 bits per heavy atom. The minimum Gasteiger partial charge on any atom is -0.489 e. The number of likely N-dealkylation sites (tertiary alicyclic amines) is 1. The van der Waals surface area contributed by atoms with Crippen molar-refractivity contribution in [2.45, 2.75) is 33.2 Å². The number of ether oxygens (including phenoxy) is 1. The third-order valence-corrected chi connectivity index (χ3v) is 4.78. The summed E-state index contributed by atoms with van der Waals surface area (Å²) in [5.74, 6) is 3.14. The molecule has 0 aromatic heterocycles. The lowest BCUT2D eigenvalue weighted by molar-refractivity contribution is 0.159. The van der Waals surface area contributed by atoms with Gasteiger partial charge in [-0.2, -0.15) is 0 Å². The number of nitrogens with zero attached hydrogens (tertiary/aromatic N) is 2. The van der Waals surface area contributed by atoms with Crippen molar-refractivity contribution in [2.24, 2.45) is 16.8 Å². The van der Waals surface area contributed by atoms with Crippen LogP contribution in [0.15, 0.2) is 41.9 Å². The van der Waals surface area contributed by atoms with Gasteiger partial charge in [-0.05, 0) is 37.3 Å². The molecule has 1 aliphatic heterocycles. The number of hydrogen-bond acceptors (Lipinski definition) is 3. The molecule has 0 bridgehead atoms. The number of para-hydroxylation sites is 1. The SMILES string of the molecule is C=CCOc1ccccc1CNC(=NC)NCC1CCCN(CC(C)C)C1. The maximum absolute atomic E-state index is 5.73. The van der Waals surface area contributed by atoms with E-state index >= 15 is 0 Å². The smallest absolute Gasteiger partial charge is 0.191 e. The van der Waals surface area contributed by atoms with E-state index in [4.69, 9.17) is 4.74 Å². The topological polar surface area (TPSA) is 48.9 Å². The molecule has 0 radical (unpaired) electrons. The highest BCUT2D eigenvalue weighted by Crippen LogP contribution is 2.18. The lowest BCUT2D eigenvalue weighted by Crippen LogP contribution is -2.45. The zero-order chi connectivity index (χ0) is 19.5. The Morgan fingerprint density at radius 3 is 2.93 bits per heavy atom. The monoisotopic (exact) mass is 372 g/mol. The number of nitrogens with one attached hydrogen (secondary N) is 2. The van der Waals surface area contributed by atoms with E-state index in [2.05, 4.69) is 47.0 Å². The maximum Gasteiger partial charge on any atom is 0.191 e. The van der Waals surface area contributed by atoms with Crippen molar-refractivity contribution in [3.63, 3.8) is 0 Å². The minimum absolute atomic E-state index is 0.512. The molecule has 0 aliphatic carbocycles. The van der Waals surface area contributed by atoms with Gasteiger partial charge in [0.1, 0.15) is 12.4 Å². The molecule has 1 unspecified atom stereocenters. The molecule has 2 N–H and O–H groups in total. The van der Waals surface area contributed by atoms with E-state index < -0.39 is 0 Å². The van der Waals surface area contributed by atoms with Gasteiger partial charge < -0.3 is 20.3 Å². The van der Waals surface area contributed by atoms with Gasteiger partial charge in [-0.1, -0.05) is 44.7 Å². The molecule has 5 heteroatoms. The molecule has 1 atom stereocenters. The van der Waals surface area contributed by atoms with Gasteiger partial charge in [0.05, 0.1) is 0 Å². The average Bonchev–Trinajstić information content (AvgIpc) is 2.67. The van der Waals surface area contributed by atoms with Gasteiger partial charge in [0.2, 0.25) is 0 Å². The van der Waals surface area contributed by atoms with Crippen molar-refractivity contribution < 1.29 is 4.74 Å². The highest BCUT2D eigenvalue weighted by Gasteiger charge is 2.20. The second-order valence-electron chi connectivity index (χ2n) is 7.68. The van der Waals surface area contributed by atoms with E-state index in [9.17, 15) is 0 Å². The summed E-state index contributed by atoms with van der Waals surface area (Å²) in [4.78, 5) is 6.97. The second kappa shape index (κ2) is 11.7. The van der Waals surface area contributed by atoms with Crippen LogP contribution in [0, 0.1) is 11.8 Å². The van der Waals surface area contributed by atoms with Crippen LogP contribution in [-0.2, 0) is 6.54 Å². The molecule has 5 nitrogen and oxygen atoms in total. The summed E-state index contributed by atoms with van der Waals surface area (Å²) in [6.45, 7) is 14.1. The molecule has 0 saturated carbocycles. The molecule has 1 fully saturated rings. The summed E-state index contributed by atoms with van der Waals surface area (Å²) in [7, 11) is 1.82. The number of piperidine rings is 1. The van der Waals surface area contributed by atoms with Crippen LogP contribution in [0.4, 0.5) is 0 Å². The molecule has 1 aromatic carbocycles. The zero-order valence-corrected chi connectivity index (χ0v) is 17.2. The molecule has 27 heavy (non-hydrogen) atoms. The highest BCUT2D eigenvalue weighted by atomic mass is 16.5. The van der Waals surface area contributed by atoms with Gasteiger partial charge in [0, 0.05) is 38.8 Å². The first kappa shape index (κ1) is 21.3. The molecular weight excluding hydrogens is 336 g/mol. The first-order chi connectivity index (χ1) is 13.1. The highest BCUT2D eigenvalue weighted by molar-refractivity contribution is 5.79. The Kier molecular flexibility index (Phi) is 9.19. The predicted molar refractivity (Wildman–Crippen MR) is 114 cm³/mol. The summed E-state index contributed by atoms with van der Waals surface area (Å²) in [6.07, 6.45) is 4.34. The summed E-state index contributed by atoms with van der Waals surface area (Å²) >= 11 is 0. The van der Waals surface area contributed by atoms with Crippen LogP contribution < -0.4 is 15.4 Å². The summed E-state index contributed by atoms with van der Waals surface area (Å²) < 4.78 is 5.73. The van der Waals surface area contributed by atoms with Crippen molar-refractivity contribution in [1.82, 2.24) is 15.5 Å². The normalized spacial score (nSPS) is 18.4. The Hall–Kier alpha value is -2.01. The Morgan fingerprint density at radius 1 is 1.37 bits per heavy atom. The number of guanidine groups is 1. The molecule has 0 amide bonds. The molecule has 1 aliphatic rings. The van der Waals surface area contributed by atoms with Crippen molar-refractivity contribution >= 4 is 5.96 Å². The van der Waals surface area contributed by atoms with Gasteiger partial charge in [-0.25, -0.2) is 0 Å². The molecule has 2 rings (SSSR count). The predicted octanol–water partition coefficient (Wildman–Crippen LogP) is 3.28. The molecule has 1 saturated heterocycles. The average molecular weight is 373 g/mol. The first-order valence-electron chi connectivity index (χ1n) is 10.1. The minimum atomic E-state index is 0.512. The fourth-order valence-corrected chi connectivity index (χ4v) is 3.58. The zero-order valence-electron chi connectivity index (χ0n) is 17.2. The van der Waals surface area contributed by atoms with Crippen molar-refractivity contribution in [1.29, 1.82) is 0 Å². The van der Waals surface area contributed by atoms with Crippen LogP contribution >= 0.6 is 0 Å². The number of aliphatic imine (C=N–C) groups is 1. The fraction of sp³-hybridized carbons (Fsp3) is 0.591. The molecule has 0 spiro atoms. The Labute approximate surface area is 164 Å². The standard InChI is InChI=1S/C22H36N4O/c1-5-13-27-21-11-7-6-10-20(21)15-25-22(23-4)24-14-19-9-8-12-26(17-19)16-18(2)3/h5-7,10-11,18-19H,1,8-9,12-17H2,2-4H3,(H2,23,24,25). The van der Waals surface area contributed by atoms with E-state index in [0.717, 1.165) is 29.7 Å². The van der Waals surface area contributed by atoms with Crippen molar-refractivity contribution in [3.05, 3.63) is 42.5 Å². The van der Waals surface area contributed by atoms with Crippen molar-refractivity contribution in [3.8, 4) is 5.75 Å². The summed E-state index contributed by atoms with van der Waals surface area (Å²) in [5, 5.41) is 6.91. The van der Waals surface area contributed by atoms with Crippen molar-refractivity contribution in [2.75, 3.05) is 39.8 Å². The van der Waals surface area contributed by atoms with Crippen LogP contribution in [-0.4, -0.2) is 50.7 Å².